The van der Waals surface area contributed by atoms with Gasteiger partial charge in [-0.05, 0) is 36.6 Å². The fourth-order valence-electron chi connectivity index (χ4n) is 2.39. The van der Waals surface area contributed by atoms with Gasteiger partial charge in [0.05, 0.1) is 25.9 Å². The van der Waals surface area contributed by atoms with Crippen LogP contribution < -0.4 is 11.1 Å². The largest absolute Gasteiger partial charge is 0.379 e. The number of nitrogens with two attached hydrogens (primary N) is 1. The molecule has 0 saturated heterocycles. The summed E-state index contributed by atoms with van der Waals surface area (Å²) < 4.78 is 10.8. The lowest BCUT2D eigenvalue weighted by Gasteiger charge is -2.13. The number of anilines is 1. The molecule has 0 spiro atoms. The number of ether oxygens (including phenoxy) is 2. The van der Waals surface area contributed by atoms with E-state index in [-0.39, 0.29) is 18.3 Å². The van der Waals surface area contributed by atoms with Crippen LogP contribution in [0.3, 0.4) is 0 Å². The highest BCUT2D eigenvalue weighted by Crippen LogP contribution is 2.12. The lowest BCUT2D eigenvalue weighted by Crippen LogP contribution is -2.37. The Kier molecular flexibility index (Phi) is 10.6. The minimum Gasteiger partial charge on any atom is -0.379 e. The van der Waals surface area contributed by atoms with E-state index < -0.39 is 6.04 Å². The van der Waals surface area contributed by atoms with Crippen LogP contribution in [0.4, 0.5) is 5.69 Å². The van der Waals surface area contributed by atoms with Gasteiger partial charge in [-0.3, -0.25) is 4.79 Å². The zero-order chi connectivity index (χ0) is 17.9. The van der Waals surface area contributed by atoms with Crippen molar-refractivity contribution in [2.75, 3.05) is 25.1 Å². The second kappa shape index (κ2) is 12.4. The van der Waals surface area contributed by atoms with Crippen molar-refractivity contribution in [3.05, 3.63) is 65.7 Å². The van der Waals surface area contributed by atoms with Crippen LogP contribution in [0.5, 0.6) is 0 Å². The van der Waals surface area contributed by atoms with E-state index in [0.717, 1.165) is 16.8 Å². The standard InChI is InChI=1S/C20H26N2O3.ClH/c1-2-24-11-12-25-15-17-9-6-10-18(13-17)22-20(23)19(21)14-16-7-4-3-5-8-16;/h3-10,13,19H,2,11-12,14-15,21H2,1H3,(H,22,23);1H/t19-;/m0./s1. The van der Waals surface area contributed by atoms with Gasteiger partial charge in [0.15, 0.2) is 0 Å². The molecule has 2 aromatic rings. The van der Waals surface area contributed by atoms with Crippen LogP contribution in [0.25, 0.3) is 0 Å². The number of halogens is 1. The van der Waals surface area contributed by atoms with E-state index in [2.05, 4.69) is 5.32 Å². The third kappa shape index (κ3) is 7.97. The molecule has 1 amide bonds. The molecule has 0 heterocycles. The second-order valence-corrected chi connectivity index (χ2v) is 5.74. The fraction of sp³-hybridized carbons (Fsp3) is 0.350. The molecule has 6 heteroatoms. The zero-order valence-electron chi connectivity index (χ0n) is 15.0. The maximum atomic E-state index is 12.3. The minimum absolute atomic E-state index is 0. The van der Waals surface area contributed by atoms with Crippen LogP contribution in [0.1, 0.15) is 18.1 Å². The summed E-state index contributed by atoms with van der Waals surface area (Å²) in [6.07, 6.45) is 0.507. The quantitative estimate of drug-likeness (QED) is 0.623. The van der Waals surface area contributed by atoms with Crippen molar-refractivity contribution in [3.63, 3.8) is 0 Å². The Hall–Kier alpha value is -1.92. The lowest BCUT2D eigenvalue weighted by atomic mass is 10.1. The Morgan fingerprint density at radius 3 is 2.46 bits per heavy atom. The van der Waals surface area contributed by atoms with Crippen molar-refractivity contribution < 1.29 is 14.3 Å². The van der Waals surface area contributed by atoms with Crippen LogP contribution in [0, 0.1) is 0 Å². The van der Waals surface area contributed by atoms with Gasteiger partial charge in [-0.1, -0.05) is 42.5 Å². The lowest BCUT2D eigenvalue weighted by molar-refractivity contribution is -0.117. The maximum absolute atomic E-state index is 12.3. The van der Waals surface area contributed by atoms with Crippen LogP contribution in [0.15, 0.2) is 54.6 Å². The van der Waals surface area contributed by atoms with Crippen LogP contribution in [-0.4, -0.2) is 31.8 Å². The summed E-state index contributed by atoms with van der Waals surface area (Å²) in [5, 5.41) is 2.87. The van der Waals surface area contributed by atoms with E-state index in [1.807, 2.05) is 61.5 Å². The molecule has 3 N–H and O–H groups in total. The van der Waals surface area contributed by atoms with Crippen molar-refractivity contribution >= 4 is 24.0 Å². The molecule has 0 aliphatic rings. The summed E-state index contributed by atoms with van der Waals surface area (Å²) in [4.78, 5) is 12.3. The molecule has 2 rings (SSSR count). The third-order valence-corrected chi connectivity index (χ3v) is 3.67. The van der Waals surface area contributed by atoms with E-state index in [4.69, 9.17) is 15.2 Å². The first-order chi connectivity index (χ1) is 12.2. The van der Waals surface area contributed by atoms with Crippen LogP contribution >= 0.6 is 12.4 Å². The SMILES string of the molecule is CCOCCOCc1cccc(NC(=O)[C@@H](N)Cc2ccccc2)c1.Cl. The predicted octanol–water partition coefficient (Wildman–Crippen LogP) is 3.17. The van der Waals surface area contributed by atoms with Gasteiger partial charge in [0.25, 0.3) is 0 Å². The Labute approximate surface area is 161 Å². The first kappa shape index (κ1) is 22.1. The van der Waals surface area contributed by atoms with E-state index in [0.29, 0.717) is 32.8 Å². The van der Waals surface area contributed by atoms with Crippen molar-refractivity contribution in [1.29, 1.82) is 0 Å². The first-order valence-corrected chi connectivity index (χ1v) is 8.54. The number of hydrogen-bond donors (Lipinski definition) is 2. The highest BCUT2D eigenvalue weighted by atomic mass is 35.5. The Bertz CT molecular complexity index is 653. The van der Waals surface area contributed by atoms with Crippen LogP contribution in [0.2, 0.25) is 0 Å². The maximum Gasteiger partial charge on any atom is 0.241 e. The number of carbonyl (C=O) groups is 1. The molecule has 0 fully saturated rings. The highest BCUT2D eigenvalue weighted by molar-refractivity contribution is 5.94. The molecule has 0 saturated carbocycles. The molecule has 0 bridgehead atoms. The van der Waals surface area contributed by atoms with E-state index in [9.17, 15) is 4.79 Å². The van der Waals surface area contributed by atoms with Gasteiger partial charge in [0.1, 0.15) is 0 Å². The molecule has 0 unspecified atom stereocenters. The number of carbonyl (C=O) groups excluding carboxylic acids is 1. The van der Waals surface area contributed by atoms with Crippen molar-refractivity contribution in [3.8, 4) is 0 Å². The van der Waals surface area contributed by atoms with Gasteiger partial charge >= 0.3 is 0 Å². The predicted molar refractivity (Wildman–Crippen MR) is 107 cm³/mol. The van der Waals surface area contributed by atoms with Gasteiger partial charge < -0.3 is 20.5 Å². The number of benzene rings is 2. The van der Waals surface area contributed by atoms with E-state index in [1.165, 1.54) is 0 Å². The molecular weight excluding hydrogens is 352 g/mol. The minimum atomic E-state index is -0.589. The number of hydrogen-bond acceptors (Lipinski definition) is 4. The van der Waals surface area contributed by atoms with Gasteiger partial charge in [-0.2, -0.15) is 0 Å². The molecule has 0 aromatic heterocycles. The average Bonchev–Trinajstić information content (AvgIpc) is 2.62. The molecule has 0 aliphatic heterocycles. The summed E-state index contributed by atoms with van der Waals surface area (Å²) in [6, 6.07) is 16.8. The van der Waals surface area contributed by atoms with Crippen LogP contribution in [-0.2, 0) is 27.3 Å². The fourth-order valence-corrected chi connectivity index (χ4v) is 2.39. The van der Waals surface area contributed by atoms with E-state index in [1.54, 1.807) is 0 Å². The molecule has 1 atom stereocenters. The van der Waals surface area contributed by atoms with Crippen molar-refractivity contribution in [2.24, 2.45) is 5.73 Å². The molecule has 2 aromatic carbocycles. The normalized spacial score (nSPS) is 11.5. The average molecular weight is 379 g/mol. The number of amides is 1. The molecule has 26 heavy (non-hydrogen) atoms. The van der Waals surface area contributed by atoms with Crippen molar-refractivity contribution in [2.45, 2.75) is 26.0 Å². The van der Waals surface area contributed by atoms with Gasteiger partial charge in [0, 0.05) is 12.3 Å². The Balaban J connectivity index is 0.00000338. The van der Waals surface area contributed by atoms with E-state index >= 15 is 0 Å². The number of rotatable bonds is 10. The molecular formula is C20H27ClN2O3. The highest BCUT2D eigenvalue weighted by Gasteiger charge is 2.14. The summed E-state index contributed by atoms with van der Waals surface area (Å²) in [6.45, 7) is 4.25. The Morgan fingerprint density at radius 2 is 1.73 bits per heavy atom. The van der Waals surface area contributed by atoms with Gasteiger partial charge in [0.2, 0.25) is 5.91 Å². The smallest absolute Gasteiger partial charge is 0.241 e. The first-order valence-electron chi connectivity index (χ1n) is 8.54. The molecule has 0 radical (unpaired) electrons. The second-order valence-electron chi connectivity index (χ2n) is 5.74. The van der Waals surface area contributed by atoms with Crippen molar-refractivity contribution in [1.82, 2.24) is 0 Å². The Morgan fingerprint density at radius 1 is 1.04 bits per heavy atom. The van der Waals surface area contributed by atoms with Gasteiger partial charge in [-0.25, -0.2) is 0 Å². The number of nitrogens with one attached hydrogen (secondary N) is 1. The summed E-state index contributed by atoms with van der Waals surface area (Å²) in [5.74, 6) is -0.196. The summed E-state index contributed by atoms with van der Waals surface area (Å²) in [5.41, 5.74) is 8.77. The monoisotopic (exact) mass is 378 g/mol. The zero-order valence-corrected chi connectivity index (χ0v) is 15.8. The molecule has 5 nitrogen and oxygen atoms in total. The third-order valence-electron chi connectivity index (χ3n) is 3.67. The molecule has 0 aliphatic carbocycles. The topological polar surface area (TPSA) is 73.6 Å². The molecule has 142 valence electrons. The summed E-state index contributed by atoms with van der Waals surface area (Å²) >= 11 is 0. The van der Waals surface area contributed by atoms with Gasteiger partial charge in [-0.15, -0.1) is 12.4 Å². The summed E-state index contributed by atoms with van der Waals surface area (Å²) in [7, 11) is 0.